The number of aromatic amines is 1. The molecule has 0 unspecified atom stereocenters. The maximum atomic E-state index is 13.5. The highest BCUT2D eigenvalue weighted by molar-refractivity contribution is 6.10. The number of amides is 1. The Morgan fingerprint density at radius 3 is 2.50 bits per heavy atom. The van der Waals surface area contributed by atoms with E-state index < -0.39 is 0 Å². The van der Waals surface area contributed by atoms with Crippen LogP contribution < -0.4 is 9.64 Å². The van der Waals surface area contributed by atoms with Crippen LogP contribution >= 0.6 is 0 Å². The van der Waals surface area contributed by atoms with Gasteiger partial charge in [0, 0.05) is 43.5 Å². The van der Waals surface area contributed by atoms with Gasteiger partial charge in [0.25, 0.3) is 5.91 Å². The first-order valence-electron chi connectivity index (χ1n) is 11.0. The van der Waals surface area contributed by atoms with Gasteiger partial charge in [-0.1, -0.05) is 42.5 Å². The molecule has 0 aliphatic carbocycles. The molecule has 1 amide bonds. The van der Waals surface area contributed by atoms with Crippen molar-refractivity contribution in [3.8, 4) is 17.0 Å². The molecule has 0 spiro atoms. The number of hydrogen-bond acceptors (Lipinski definition) is 4. The van der Waals surface area contributed by atoms with Crippen molar-refractivity contribution in [1.29, 1.82) is 0 Å². The summed E-state index contributed by atoms with van der Waals surface area (Å²) < 4.78 is 5.79. The normalized spacial score (nSPS) is 14.0. The fraction of sp³-hybridized carbons (Fsp3) is 0.231. The van der Waals surface area contributed by atoms with Crippen molar-refractivity contribution < 1.29 is 9.53 Å². The third-order valence-electron chi connectivity index (χ3n) is 6.02. The first-order valence-corrected chi connectivity index (χ1v) is 11.0. The molecule has 1 aliphatic rings. The molecule has 0 saturated carbocycles. The van der Waals surface area contributed by atoms with E-state index in [4.69, 9.17) is 4.74 Å². The molecule has 4 aromatic rings. The van der Waals surface area contributed by atoms with Crippen LogP contribution in [-0.2, 0) is 0 Å². The minimum atomic E-state index is 0.0788. The van der Waals surface area contributed by atoms with E-state index in [2.05, 4.69) is 33.3 Å². The summed E-state index contributed by atoms with van der Waals surface area (Å²) in [4.78, 5) is 17.7. The lowest BCUT2D eigenvalue weighted by molar-refractivity contribution is 0.0748. The fourth-order valence-corrected chi connectivity index (χ4v) is 4.45. The van der Waals surface area contributed by atoms with Crippen molar-refractivity contribution in [3.05, 3.63) is 78.5 Å². The zero-order valence-electron chi connectivity index (χ0n) is 18.1. The summed E-state index contributed by atoms with van der Waals surface area (Å²) in [7, 11) is 0. The number of para-hydroxylation sites is 2. The van der Waals surface area contributed by atoms with E-state index in [9.17, 15) is 4.79 Å². The van der Waals surface area contributed by atoms with Crippen LogP contribution in [0.5, 0.6) is 5.75 Å². The largest absolute Gasteiger partial charge is 0.492 e. The van der Waals surface area contributed by atoms with Gasteiger partial charge in [-0.15, -0.1) is 0 Å². The molecule has 0 atom stereocenters. The summed E-state index contributed by atoms with van der Waals surface area (Å²) in [6.45, 7) is 5.54. The second kappa shape index (κ2) is 8.75. The second-order valence-corrected chi connectivity index (χ2v) is 7.86. The number of anilines is 1. The predicted molar refractivity (Wildman–Crippen MR) is 127 cm³/mol. The van der Waals surface area contributed by atoms with E-state index in [1.165, 1.54) is 0 Å². The molecule has 1 aromatic heterocycles. The lowest BCUT2D eigenvalue weighted by Gasteiger charge is -2.37. The first kappa shape index (κ1) is 20.1. The van der Waals surface area contributed by atoms with Crippen molar-refractivity contribution in [2.75, 3.05) is 37.7 Å². The highest BCUT2D eigenvalue weighted by Crippen LogP contribution is 2.31. The van der Waals surface area contributed by atoms with Crippen molar-refractivity contribution in [2.45, 2.75) is 6.92 Å². The summed E-state index contributed by atoms with van der Waals surface area (Å²) in [5.41, 5.74) is 3.83. The average molecular weight is 427 g/mol. The molecule has 0 bridgehead atoms. The van der Waals surface area contributed by atoms with E-state index in [-0.39, 0.29) is 5.91 Å². The Balaban J connectivity index is 1.38. The molecule has 5 rings (SSSR count). The molecule has 1 saturated heterocycles. The zero-order valence-corrected chi connectivity index (χ0v) is 18.1. The third-order valence-corrected chi connectivity index (χ3v) is 6.02. The van der Waals surface area contributed by atoms with Crippen LogP contribution in [0.25, 0.3) is 22.0 Å². The molecule has 32 heavy (non-hydrogen) atoms. The Hall–Kier alpha value is -3.80. The Labute approximate surface area is 187 Å². The zero-order chi connectivity index (χ0) is 21.9. The number of H-pyrrole nitrogens is 1. The van der Waals surface area contributed by atoms with E-state index in [1.54, 1.807) is 6.20 Å². The molecule has 0 radical (unpaired) electrons. The van der Waals surface area contributed by atoms with Gasteiger partial charge in [0.1, 0.15) is 5.75 Å². The van der Waals surface area contributed by atoms with Gasteiger partial charge < -0.3 is 14.5 Å². The van der Waals surface area contributed by atoms with E-state index in [0.29, 0.717) is 19.7 Å². The predicted octanol–water partition coefficient (Wildman–Crippen LogP) is 4.59. The summed E-state index contributed by atoms with van der Waals surface area (Å²) in [6.07, 6.45) is 1.74. The first-order chi connectivity index (χ1) is 15.8. The highest BCUT2D eigenvalue weighted by Gasteiger charge is 2.25. The van der Waals surface area contributed by atoms with Crippen LogP contribution in [0.2, 0.25) is 0 Å². The standard InChI is InChI=1S/C26H26N4O2/c1-2-32-25-12-4-3-11-24(25)29-15-17-30(18-16-29)26(31)22-10-6-7-19-20(22)8-5-9-21(19)23-13-14-27-28-23/h3-14H,2,15-18H2,1H3,(H,27,28). The van der Waals surface area contributed by atoms with E-state index in [0.717, 1.165) is 52.1 Å². The van der Waals surface area contributed by atoms with Gasteiger partial charge in [-0.3, -0.25) is 9.89 Å². The number of rotatable bonds is 5. The topological polar surface area (TPSA) is 61.5 Å². The number of fused-ring (bicyclic) bond motifs is 1. The molecule has 1 aliphatic heterocycles. The number of nitrogens with one attached hydrogen (secondary N) is 1. The molecular formula is C26H26N4O2. The van der Waals surface area contributed by atoms with Crippen LogP contribution in [-0.4, -0.2) is 53.8 Å². The monoisotopic (exact) mass is 426 g/mol. The van der Waals surface area contributed by atoms with Gasteiger partial charge in [0.2, 0.25) is 0 Å². The van der Waals surface area contributed by atoms with Gasteiger partial charge in [-0.05, 0) is 42.0 Å². The van der Waals surface area contributed by atoms with Crippen molar-refractivity contribution in [1.82, 2.24) is 15.1 Å². The minimum absolute atomic E-state index is 0.0788. The summed E-state index contributed by atoms with van der Waals surface area (Å²) in [5, 5.41) is 9.12. The summed E-state index contributed by atoms with van der Waals surface area (Å²) in [6, 6.07) is 22.1. The maximum Gasteiger partial charge on any atom is 0.254 e. The molecule has 162 valence electrons. The SMILES string of the molecule is CCOc1ccccc1N1CCN(C(=O)c2cccc3c(-c4ccn[nH]4)cccc23)CC1. The molecule has 6 nitrogen and oxygen atoms in total. The van der Waals surface area contributed by atoms with Crippen LogP contribution in [0, 0.1) is 0 Å². The molecule has 1 fully saturated rings. The summed E-state index contributed by atoms with van der Waals surface area (Å²) >= 11 is 0. The Kier molecular flexibility index (Phi) is 5.50. The van der Waals surface area contributed by atoms with E-state index in [1.807, 2.05) is 60.4 Å². The summed E-state index contributed by atoms with van der Waals surface area (Å²) in [5.74, 6) is 0.977. The Bertz CT molecular complexity index is 1230. The van der Waals surface area contributed by atoms with Crippen LogP contribution in [0.1, 0.15) is 17.3 Å². The minimum Gasteiger partial charge on any atom is -0.492 e. The number of benzene rings is 3. The number of nitrogens with zero attached hydrogens (tertiary/aromatic N) is 3. The van der Waals surface area contributed by atoms with Crippen molar-refractivity contribution in [2.24, 2.45) is 0 Å². The van der Waals surface area contributed by atoms with E-state index >= 15 is 0 Å². The quantitative estimate of drug-likeness (QED) is 0.507. The number of hydrogen-bond donors (Lipinski definition) is 1. The number of carbonyl (C=O) groups is 1. The van der Waals surface area contributed by atoms with Crippen LogP contribution in [0.15, 0.2) is 72.9 Å². The third kappa shape index (κ3) is 3.68. The Morgan fingerprint density at radius 1 is 0.938 bits per heavy atom. The van der Waals surface area contributed by atoms with Gasteiger partial charge in [0.05, 0.1) is 18.0 Å². The number of piperazine rings is 1. The smallest absolute Gasteiger partial charge is 0.254 e. The lowest BCUT2D eigenvalue weighted by atomic mass is 9.97. The van der Waals surface area contributed by atoms with Crippen LogP contribution in [0.4, 0.5) is 5.69 Å². The van der Waals surface area contributed by atoms with Gasteiger partial charge in [0.15, 0.2) is 0 Å². The Morgan fingerprint density at radius 2 is 1.72 bits per heavy atom. The molecule has 2 heterocycles. The highest BCUT2D eigenvalue weighted by atomic mass is 16.5. The molecule has 3 aromatic carbocycles. The van der Waals surface area contributed by atoms with Crippen molar-refractivity contribution >= 4 is 22.4 Å². The average Bonchev–Trinajstić information content (AvgIpc) is 3.38. The number of ether oxygens (including phenoxy) is 1. The lowest BCUT2D eigenvalue weighted by Crippen LogP contribution is -2.48. The van der Waals surface area contributed by atoms with Crippen LogP contribution in [0.3, 0.4) is 0 Å². The van der Waals surface area contributed by atoms with Gasteiger partial charge in [-0.25, -0.2) is 0 Å². The second-order valence-electron chi connectivity index (χ2n) is 7.86. The maximum absolute atomic E-state index is 13.5. The fourth-order valence-electron chi connectivity index (χ4n) is 4.45. The number of carbonyl (C=O) groups excluding carboxylic acids is 1. The van der Waals surface area contributed by atoms with Gasteiger partial charge >= 0.3 is 0 Å². The van der Waals surface area contributed by atoms with Crippen molar-refractivity contribution in [3.63, 3.8) is 0 Å². The molecule has 6 heteroatoms. The molecule has 1 N–H and O–H groups in total. The molecular weight excluding hydrogens is 400 g/mol. The van der Waals surface area contributed by atoms with Gasteiger partial charge in [-0.2, -0.15) is 5.10 Å². The number of aromatic nitrogens is 2.